The van der Waals surface area contributed by atoms with Crippen LogP contribution in [0.1, 0.15) is 54.1 Å². The second kappa shape index (κ2) is 9.30. The van der Waals surface area contributed by atoms with Crippen LogP contribution in [0, 0.1) is 5.92 Å². The molecule has 1 amide bonds. The number of ether oxygens (including phenoxy) is 1. The molecule has 0 saturated heterocycles. The minimum Gasteiger partial charge on any atom is -0.384 e. The smallest absolute Gasteiger partial charge is 0.254 e. The number of benzene rings is 2. The van der Waals surface area contributed by atoms with Gasteiger partial charge in [0.25, 0.3) is 5.91 Å². The normalized spacial score (nSPS) is 17.5. The van der Waals surface area contributed by atoms with Gasteiger partial charge in [0.1, 0.15) is 0 Å². The summed E-state index contributed by atoms with van der Waals surface area (Å²) in [7, 11) is 3.85. The second-order valence-corrected chi connectivity index (χ2v) is 11.2. The summed E-state index contributed by atoms with van der Waals surface area (Å²) < 4.78 is 10.1. The van der Waals surface area contributed by atoms with Crippen LogP contribution in [-0.2, 0) is 24.8 Å². The van der Waals surface area contributed by atoms with Gasteiger partial charge >= 0.3 is 0 Å². The van der Waals surface area contributed by atoms with E-state index in [1.165, 1.54) is 29.3 Å². The first-order valence-electron chi connectivity index (χ1n) is 13.5. The Balaban J connectivity index is 1.46. The molecule has 1 unspecified atom stereocenters. The number of hydrogen-bond acceptors (Lipinski definition) is 4. The summed E-state index contributed by atoms with van der Waals surface area (Å²) in [6.07, 6.45) is 3.41. The Bertz CT molecular complexity index is 1490. The number of nitrogens with two attached hydrogens (primary N) is 1. The first-order chi connectivity index (χ1) is 17.8. The van der Waals surface area contributed by atoms with Crippen LogP contribution in [0.15, 0.2) is 36.4 Å². The van der Waals surface area contributed by atoms with Crippen LogP contribution in [0.2, 0.25) is 0 Å². The fourth-order valence-electron chi connectivity index (χ4n) is 5.83. The summed E-state index contributed by atoms with van der Waals surface area (Å²) in [5.74, 6) is 2.07. The van der Waals surface area contributed by atoms with Gasteiger partial charge in [0.2, 0.25) is 0 Å². The number of hydrogen-bond donors (Lipinski definition) is 1. The van der Waals surface area contributed by atoms with E-state index in [4.69, 9.17) is 15.5 Å². The van der Waals surface area contributed by atoms with Gasteiger partial charge in [-0.25, -0.2) is 4.98 Å². The fourth-order valence-corrected chi connectivity index (χ4v) is 5.83. The number of methoxy groups -OCH3 is 1. The largest absolute Gasteiger partial charge is 0.384 e. The molecule has 2 aliphatic rings. The number of nitrogens with zero attached hydrogens (tertiary/aromatic N) is 4. The maximum atomic E-state index is 13.2. The Morgan fingerprint density at radius 1 is 1.14 bits per heavy atom. The number of fused-ring (bicyclic) bond motifs is 3. The van der Waals surface area contributed by atoms with Gasteiger partial charge < -0.3 is 24.5 Å². The molecule has 4 aromatic rings. The van der Waals surface area contributed by atoms with E-state index in [2.05, 4.69) is 53.4 Å². The van der Waals surface area contributed by atoms with Crippen LogP contribution in [0.3, 0.4) is 0 Å². The van der Waals surface area contributed by atoms with Gasteiger partial charge in [-0.05, 0) is 67.5 Å². The van der Waals surface area contributed by atoms with Crippen molar-refractivity contribution in [3.05, 3.63) is 53.1 Å². The topological polar surface area (TPSA) is 78.3 Å². The molecule has 2 aromatic heterocycles. The van der Waals surface area contributed by atoms with E-state index < -0.39 is 0 Å². The molecule has 194 valence electrons. The first-order valence-corrected chi connectivity index (χ1v) is 13.5. The predicted octanol–water partition coefficient (Wildman–Crippen LogP) is 4.70. The summed E-state index contributed by atoms with van der Waals surface area (Å²) in [6.45, 7) is 7.16. The molecule has 6 rings (SSSR count). The zero-order valence-electron chi connectivity index (χ0n) is 22.3. The van der Waals surface area contributed by atoms with Gasteiger partial charge in [-0.15, -0.1) is 0 Å². The van der Waals surface area contributed by atoms with Gasteiger partial charge in [0.05, 0.1) is 23.3 Å². The summed E-state index contributed by atoms with van der Waals surface area (Å²) >= 11 is 0. The van der Waals surface area contributed by atoms with Gasteiger partial charge in [0, 0.05) is 62.2 Å². The second-order valence-electron chi connectivity index (χ2n) is 11.2. The van der Waals surface area contributed by atoms with E-state index in [9.17, 15) is 4.79 Å². The first kappa shape index (κ1) is 24.2. The molecule has 2 N–H and O–H groups in total. The van der Waals surface area contributed by atoms with Gasteiger partial charge in [-0.2, -0.15) is 0 Å². The SMILES string of the molecule is COCC(C)c1ccc2cc(-c3nc4cc5c(cc4n3C)CCN(C[C@@H](C)N)C5=O)n(CC3CC3)c2c1. The van der Waals surface area contributed by atoms with Gasteiger partial charge in [0.15, 0.2) is 5.82 Å². The highest BCUT2D eigenvalue weighted by Gasteiger charge is 2.28. The lowest BCUT2D eigenvalue weighted by Crippen LogP contribution is -2.43. The lowest BCUT2D eigenvalue weighted by atomic mass is 9.97. The van der Waals surface area contributed by atoms with Crippen molar-refractivity contribution in [2.24, 2.45) is 18.7 Å². The van der Waals surface area contributed by atoms with Crippen LogP contribution >= 0.6 is 0 Å². The van der Waals surface area contributed by atoms with Crippen LogP contribution in [-0.4, -0.2) is 57.8 Å². The fraction of sp³-hybridized carbons (Fsp3) is 0.467. The van der Waals surface area contributed by atoms with E-state index in [0.29, 0.717) is 25.6 Å². The highest BCUT2D eigenvalue weighted by atomic mass is 16.5. The molecule has 1 aliphatic carbocycles. The quantitative estimate of drug-likeness (QED) is 0.381. The van der Waals surface area contributed by atoms with Crippen molar-refractivity contribution in [2.45, 2.75) is 51.6 Å². The van der Waals surface area contributed by atoms with Crippen LogP contribution in [0.25, 0.3) is 33.5 Å². The molecule has 1 saturated carbocycles. The Hall–Kier alpha value is -3.16. The molecule has 7 heteroatoms. The summed E-state index contributed by atoms with van der Waals surface area (Å²) in [5, 5.41) is 1.23. The van der Waals surface area contributed by atoms with Crippen molar-refractivity contribution in [3.8, 4) is 11.5 Å². The van der Waals surface area contributed by atoms with Crippen molar-refractivity contribution >= 4 is 27.8 Å². The molecule has 3 heterocycles. The molecule has 2 aromatic carbocycles. The van der Waals surface area contributed by atoms with Crippen LogP contribution < -0.4 is 5.73 Å². The summed E-state index contributed by atoms with van der Waals surface area (Å²) in [4.78, 5) is 20.2. The Morgan fingerprint density at radius 3 is 2.68 bits per heavy atom. The van der Waals surface area contributed by atoms with Crippen LogP contribution in [0.5, 0.6) is 0 Å². The van der Waals surface area contributed by atoms with Gasteiger partial charge in [-0.3, -0.25) is 4.79 Å². The third-order valence-corrected chi connectivity index (χ3v) is 8.06. The number of carbonyl (C=O) groups is 1. The number of carbonyl (C=O) groups excluding carboxylic acids is 1. The Labute approximate surface area is 218 Å². The number of rotatable bonds is 8. The average molecular weight is 500 g/mol. The monoisotopic (exact) mass is 499 g/mol. The lowest BCUT2D eigenvalue weighted by molar-refractivity contribution is 0.0732. The summed E-state index contributed by atoms with van der Waals surface area (Å²) in [6, 6.07) is 13.2. The molecular weight excluding hydrogens is 462 g/mol. The van der Waals surface area contributed by atoms with Crippen molar-refractivity contribution in [2.75, 3.05) is 26.8 Å². The number of aryl methyl sites for hydroxylation is 1. The molecule has 2 atom stereocenters. The molecular formula is C30H37N5O2. The third kappa shape index (κ3) is 4.34. The number of aromatic nitrogens is 3. The summed E-state index contributed by atoms with van der Waals surface area (Å²) in [5.41, 5.74) is 13.5. The van der Waals surface area contributed by atoms with E-state index in [-0.39, 0.29) is 11.9 Å². The Kier molecular flexibility index (Phi) is 6.08. The third-order valence-electron chi connectivity index (χ3n) is 8.06. The molecule has 0 spiro atoms. The highest BCUT2D eigenvalue weighted by molar-refractivity contribution is 6.00. The zero-order valence-corrected chi connectivity index (χ0v) is 22.3. The maximum absolute atomic E-state index is 13.2. The van der Waals surface area contributed by atoms with E-state index >= 15 is 0 Å². The molecule has 1 aliphatic heterocycles. The van der Waals surface area contributed by atoms with Crippen molar-refractivity contribution < 1.29 is 9.53 Å². The minimum atomic E-state index is -0.0397. The van der Waals surface area contributed by atoms with Crippen molar-refractivity contribution in [1.29, 1.82) is 0 Å². The Morgan fingerprint density at radius 2 is 1.95 bits per heavy atom. The van der Waals surface area contributed by atoms with Crippen LogP contribution in [0.4, 0.5) is 0 Å². The number of amides is 1. The molecule has 37 heavy (non-hydrogen) atoms. The highest BCUT2D eigenvalue weighted by Crippen LogP contribution is 2.37. The average Bonchev–Trinajstić information content (AvgIpc) is 3.55. The van der Waals surface area contributed by atoms with E-state index in [0.717, 1.165) is 52.6 Å². The lowest BCUT2D eigenvalue weighted by Gasteiger charge is -2.29. The predicted molar refractivity (Wildman–Crippen MR) is 148 cm³/mol. The number of imidazole rings is 1. The molecule has 1 fully saturated rings. The van der Waals surface area contributed by atoms with E-state index in [1.54, 1.807) is 7.11 Å². The minimum absolute atomic E-state index is 0.0397. The van der Waals surface area contributed by atoms with E-state index in [1.807, 2.05) is 17.9 Å². The molecule has 7 nitrogen and oxygen atoms in total. The van der Waals surface area contributed by atoms with Crippen molar-refractivity contribution in [1.82, 2.24) is 19.0 Å². The molecule has 0 bridgehead atoms. The molecule has 0 radical (unpaired) electrons. The zero-order chi connectivity index (χ0) is 25.8. The van der Waals surface area contributed by atoms with Gasteiger partial charge in [-0.1, -0.05) is 19.1 Å². The van der Waals surface area contributed by atoms with Crippen molar-refractivity contribution in [3.63, 3.8) is 0 Å². The maximum Gasteiger partial charge on any atom is 0.254 e. The standard InChI is InChI=1S/C30H37N5O2/c1-18(17-37-4)21-7-8-23-13-28(35(26(23)11-21)16-20-5-6-20)29-32-25-14-24-22(12-27(25)33(29)3)9-10-34(30(24)36)15-19(2)31/h7-8,11-14,18-20H,5-6,9-10,15-17,31H2,1-4H3/t18?,19-/m1/s1.